The lowest BCUT2D eigenvalue weighted by molar-refractivity contribution is -0.0415. The van der Waals surface area contributed by atoms with Gasteiger partial charge in [-0.2, -0.15) is 0 Å². The molecule has 1 aromatic heterocycles. The largest absolute Gasteiger partial charge is 0.392 e. The molecule has 1 aromatic rings. The summed E-state index contributed by atoms with van der Waals surface area (Å²) in [6.45, 7) is 5.30. The van der Waals surface area contributed by atoms with Gasteiger partial charge in [0, 0.05) is 36.9 Å². The van der Waals surface area contributed by atoms with Gasteiger partial charge in [-0.1, -0.05) is 25.4 Å². The Morgan fingerprint density at radius 3 is 2.60 bits per heavy atom. The maximum absolute atomic E-state index is 12.5. The molecule has 110 valence electrons. The van der Waals surface area contributed by atoms with Gasteiger partial charge in [0.05, 0.1) is 6.10 Å². The number of piperidine rings is 1. The molecule has 1 unspecified atom stereocenters. The van der Waals surface area contributed by atoms with Gasteiger partial charge < -0.3 is 14.5 Å². The number of aliphatic hydroxyl groups excluding tert-OH is 1. The zero-order chi connectivity index (χ0) is 14.3. The van der Waals surface area contributed by atoms with E-state index in [1.807, 2.05) is 18.7 Å². The predicted octanol–water partition coefficient (Wildman–Crippen LogP) is 2.03. The van der Waals surface area contributed by atoms with Gasteiger partial charge in [-0.15, -0.1) is 0 Å². The van der Waals surface area contributed by atoms with Crippen LogP contribution in [0.2, 0.25) is 0 Å². The van der Waals surface area contributed by atoms with Crippen LogP contribution in [0.1, 0.15) is 55.3 Å². The van der Waals surface area contributed by atoms with E-state index in [-0.39, 0.29) is 29.8 Å². The number of hydrogen-bond donors (Lipinski definition) is 1. The molecule has 1 aliphatic carbocycles. The van der Waals surface area contributed by atoms with Crippen LogP contribution in [0.4, 0.5) is 0 Å². The Labute approximate surface area is 118 Å². The minimum Gasteiger partial charge on any atom is -0.392 e. The Balaban J connectivity index is 1.74. The van der Waals surface area contributed by atoms with E-state index in [0.717, 1.165) is 25.0 Å². The van der Waals surface area contributed by atoms with E-state index in [1.165, 1.54) is 0 Å². The Hall–Kier alpha value is -1.36. The summed E-state index contributed by atoms with van der Waals surface area (Å²) in [4.78, 5) is 14.3. The van der Waals surface area contributed by atoms with E-state index in [1.54, 1.807) is 6.07 Å². The van der Waals surface area contributed by atoms with Crippen molar-refractivity contribution >= 4 is 5.91 Å². The Kier molecular flexibility index (Phi) is 3.54. The minimum atomic E-state index is -0.240. The molecule has 2 heterocycles. The monoisotopic (exact) mass is 278 g/mol. The number of carbonyl (C=O) groups is 1. The van der Waals surface area contributed by atoms with Crippen molar-refractivity contribution in [1.82, 2.24) is 10.1 Å². The first-order chi connectivity index (χ1) is 9.56. The zero-order valence-corrected chi connectivity index (χ0v) is 12.1. The molecule has 2 bridgehead atoms. The molecule has 5 heteroatoms. The minimum absolute atomic E-state index is 0.0653. The van der Waals surface area contributed by atoms with Crippen LogP contribution in [0.3, 0.4) is 0 Å². The fourth-order valence-electron chi connectivity index (χ4n) is 3.40. The van der Waals surface area contributed by atoms with Gasteiger partial charge in [-0.3, -0.25) is 4.79 Å². The maximum Gasteiger partial charge on any atom is 0.276 e. The van der Waals surface area contributed by atoms with Crippen molar-refractivity contribution in [2.24, 2.45) is 11.8 Å². The molecule has 2 aliphatic rings. The Morgan fingerprint density at radius 1 is 1.40 bits per heavy atom. The molecule has 1 amide bonds. The van der Waals surface area contributed by atoms with Gasteiger partial charge in [-0.25, -0.2) is 0 Å². The summed E-state index contributed by atoms with van der Waals surface area (Å²) in [6, 6.07) is 1.74. The number of carbonyl (C=O) groups excluding carboxylic acids is 1. The van der Waals surface area contributed by atoms with E-state index >= 15 is 0 Å². The molecule has 1 N–H and O–H groups in total. The van der Waals surface area contributed by atoms with Gasteiger partial charge in [0.2, 0.25) is 0 Å². The van der Waals surface area contributed by atoms with Crippen LogP contribution in [-0.2, 0) is 0 Å². The standard InChI is InChI=1S/C15H22N2O3/c1-9(2)13-6-12(16-20-13)15(19)17-7-10-4-3-5-11(8-17)14(10)18/h6,9-11,14,18H,3-5,7-8H2,1-2H3/t10-,11+,14?. The molecular weight excluding hydrogens is 256 g/mol. The van der Waals surface area contributed by atoms with Gasteiger partial charge in [0.15, 0.2) is 5.69 Å². The maximum atomic E-state index is 12.5. The Bertz CT molecular complexity index is 483. The van der Waals surface area contributed by atoms with E-state index in [0.29, 0.717) is 18.8 Å². The molecule has 1 aliphatic heterocycles. The highest BCUT2D eigenvalue weighted by Crippen LogP contribution is 2.35. The number of fused-ring (bicyclic) bond motifs is 2. The number of hydrogen-bond acceptors (Lipinski definition) is 4. The van der Waals surface area contributed by atoms with Crippen molar-refractivity contribution in [2.45, 2.75) is 45.1 Å². The second-order valence-corrected chi connectivity index (χ2v) is 6.42. The lowest BCUT2D eigenvalue weighted by Gasteiger charge is -2.44. The second-order valence-electron chi connectivity index (χ2n) is 6.42. The fraction of sp³-hybridized carbons (Fsp3) is 0.733. The van der Waals surface area contributed by atoms with Gasteiger partial charge in [0.25, 0.3) is 5.91 Å². The molecule has 0 aromatic carbocycles. The second kappa shape index (κ2) is 5.20. The molecule has 20 heavy (non-hydrogen) atoms. The fourth-order valence-corrected chi connectivity index (χ4v) is 3.40. The molecule has 3 atom stereocenters. The van der Waals surface area contributed by atoms with E-state index in [9.17, 15) is 9.90 Å². The summed E-state index contributed by atoms with van der Waals surface area (Å²) in [5.41, 5.74) is 0.392. The van der Waals surface area contributed by atoms with Gasteiger partial charge >= 0.3 is 0 Å². The molecule has 0 radical (unpaired) electrons. The van der Waals surface area contributed by atoms with Gasteiger partial charge in [0.1, 0.15) is 5.76 Å². The normalized spacial score (nSPS) is 29.8. The number of likely N-dealkylation sites (tertiary alicyclic amines) is 1. The highest BCUT2D eigenvalue weighted by Gasteiger charge is 2.40. The van der Waals surface area contributed by atoms with Crippen LogP contribution < -0.4 is 0 Å². The number of aromatic nitrogens is 1. The first-order valence-corrected chi connectivity index (χ1v) is 7.50. The lowest BCUT2D eigenvalue weighted by atomic mass is 9.75. The summed E-state index contributed by atoms with van der Waals surface area (Å²) in [6.07, 6.45) is 2.95. The first-order valence-electron chi connectivity index (χ1n) is 7.50. The molecule has 1 saturated heterocycles. The van der Waals surface area contributed by atoms with E-state index in [4.69, 9.17) is 4.52 Å². The van der Waals surface area contributed by atoms with Crippen molar-refractivity contribution in [1.29, 1.82) is 0 Å². The third kappa shape index (κ3) is 2.35. The summed E-state index contributed by atoms with van der Waals surface area (Å²) < 4.78 is 5.21. The average Bonchev–Trinajstić information content (AvgIpc) is 2.87. The van der Waals surface area contributed by atoms with Crippen LogP contribution in [0.25, 0.3) is 0 Å². The van der Waals surface area contributed by atoms with Crippen LogP contribution in [0.15, 0.2) is 10.6 Å². The highest BCUT2D eigenvalue weighted by atomic mass is 16.5. The van der Waals surface area contributed by atoms with Crippen LogP contribution in [-0.4, -0.2) is 40.3 Å². The number of aliphatic hydroxyl groups is 1. The predicted molar refractivity (Wildman–Crippen MR) is 73.3 cm³/mol. The quantitative estimate of drug-likeness (QED) is 0.899. The molecule has 1 saturated carbocycles. The molecule has 5 nitrogen and oxygen atoms in total. The number of nitrogens with zero attached hydrogens (tertiary/aromatic N) is 2. The first kappa shape index (κ1) is 13.6. The summed E-state index contributed by atoms with van der Waals surface area (Å²) >= 11 is 0. The number of amides is 1. The number of rotatable bonds is 2. The van der Waals surface area contributed by atoms with Gasteiger partial charge in [-0.05, 0) is 12.8 Å². The third-order valence-electron chi connectivity index (χ3n) is 4.63. The van der Waals surface area contributed by atoms with Crippen molar-refractivity contribution in [3.05, 3.63) is 17.5 Å². The molecule has 3 rings (SSSR count). The van der Waals surface area contributed by atoms with Crippen LogP contribution in [0, 0.1) is 11.8 Å². The van der Waals surface area contributed by atoms with Crippen LogP contribution in [0.5, 0.6) is 0 Å². The summed E-state index contributed by atoms with van der Waals surface area (Å²) in [7, 11) is 0. The summed E-state index contributed by atoms with van der Waals surface area (Å²) in [5.74, 6) is 1.35. The topological polar surface area (TPSA) is 66.6 Å². The highest BCUT2D eigenvalue weighted by molar-refractivity contribution is 5.92. The third-order valence-corrected chi connectivity index (χ3v) is 4.63. The van der Waals surface area contributed by atoms with Crippen molar-refractivity contribution in [3.8, 4) is 0 Å². The van der Waals surface area contributed by atoms with E-state index in [2.05, 4.69) is 5.16 Å². The lowest BCUT2D eigenvalue weighted by Crippen LogP contribution is -2.53. The summed E-state index contributed by atoms with van der Waals surface area (Å²) in [5, 5.41) is 14.1. The smallest absolute Gasteiger partial charge is 0.276 e. The SMILES string of the molecule is CC(C)c1cc(C(=O)N2C[C@H]3CCC[C@@H](C2)C3O)no1. The molecule has 0 spiro atoms. The van der Waals surface area contributed by atoms with Crippen molar-refractivity contribution < 1.29 is 14.4 Å². The molecular formula is C15H22N2O3. The molecule has 2 fully saturated rings. The zero-order valence-electron chi connectivity index (χ0n) is 12.1. The van der Waals surface area contributed by atoms with Crippen molar-refractivity contribution in [2.75, 3.05) is 13.1 Å². The van der Waals surface area contributed by atoms with E-state index < -0.39 is 0 Å². The van der Waals surface area contributed by atoms with Crippen molar-refractivity contribution in [3.63, 3.8) is 0 Å². The van der Waals surface area contributed by atoms with Crippen LogP contribution >= 0.6 is 0 Å². The Morgan fingerprint density at radius 2 is 2.05 bits per heavy atom. The average molecular weight is 278 g/mol.